The minimum Gasteiger partial charge on any atom is -0.204 e. The van der Waals surface area contributed by atoms with Gasteiger partial charge in [-0.05, 0) is 24.1 Å². The molecule has 0 atom stereocenters. The van der Waals surface area contributed by atoms with E-state index in [0.29, 0.717) is 17.3 Å². The Morgan fingerprint density at radius 1 is 1.45 bits per heavy atom. The average Bonchev–Trinajstić information content (AvgIpc) is 1.99. The smallest absolute Gasteiger partial charge is 0.162 e. The summed E-state index contributed by atoms with van der Waals surface area (Å²) < 4.78 is 25.3. The van der Waals surface area contributed by atoms with Gasteiger partial charge in [0.15, 0.2) is 11.6 Å². The lowest BCUT2D eigenvalue weighted by molar-refractivity contribution is 0.500. The highest BCUT2D eigenvalue weighted by Crippen LogP contribution is 2.11. The van der Waals surface area contributed by atoms with Crippen LogP contribution in [0.4, 0.5) is 8.78 Å². The van der Waals surface area contributed by atoms with Crippen LogP contribution in [0.3, 0.4) is 0 Å². The molecule has 0 heterocycles. The summed E-state index contributed by atoms with van der Waals surface area (Å²) in [7, 11) is 0. The Labute approximate surface area is 72.4 Å². The van der Waals surface area contributed by atoms with Crippen LogP contribution in [0, 0.1) is 17.7 Å². The van der Waals surface area contributed by atoms with Gasteiger partial charge in [-0.25, -0.2) is 8.78 Å². The van der Waals surface area contributed by atoms with Crippen LogP contribution in [-0.2, 0) is 6.42 Å². The number of aryl methyl sites for hydroxylation is 1. The fourth-order valence-electron chi connectivity index (χ4n) is 0.772. The highest BCUT2D eigenvalue weighted by molar-refractivity contribution is 9.09. The molecular weight excluding hydrogens is 214 g/mol. The fourth-order valence-corrected chi connectivity index (χ4v) is 1.17. The van der Waals surface area contributed by atoms with Crippen molar-refractivity contribution >= 4 is 15.9 Å². The molecule has 3 heteroatoms. The van der Waals surface area contributed by atoms with Crippen molar-refractivity contribution in [2.24, 2.45) is 0 Å². The summed E-state index contributed by atoms with van der Waals surface area (Å²) in [5.74, 6) is -1.59. The van der Waals surface area contributed by atoms with Crippen molar-refractivity contribution in [3.05, 3.63) is 35.4 Å². The van der Waals surface area contributed by atoms with Gasteiger partial charge in [-0.1, -0.05) is 22.0 Å². The largest absolute Gasteiger partial charge is 0.204 e. The molecule has 0 aliphatic heterocycles. The molecule has 0 aliphatic carbocycles. The van der Waals surface area contributed by atoms with Gasteiger partial charge in [0.25, 0.3) is 0 Å². The lowest BCUT2D eigenvalue weighted by Gasteiger charge is -1.98. The second kappa shape index (κ2) is 3.81. The maximum absolute atomic E-state index is 12.8. The zero-order chi connectivity index (χ0) is 8.27. The van der Waals surface area contributed by atoms with Crippen molar-refractivity contribution in [2.45, 2.75) is 6.42 Å². The number of rotatable bonds is 2. The topological polar surface area (TPSA) is 0 Å². The van der Waals surface area contributed by atoms with Gasteiger partial charge in [0, 0.05) is 5.33 Å². The second-order valence-electron chi connectivity index (χ2n) is 2.06. The number of benzene rings is 1. The van der Waals surface area contributed by atoms with Crippen LogP contribution in [0.1, 0.15) is 5.56 Å². The SMILES string of the molecule is Fc1cc[c]c(CCBr)c1F. The Bertz CT molecular complexity index is 248. The first-order valence-electron chi connectivity index (χ1n) is 3.16. The van der Waals surface area contributed by atoms with Crippen LogP contribution in [0.15, 0.2) is 12.1 Å². The van der Waals surface area contributed by atoms with Crippen molar-refractivity contribution in [3.63, 3.8) is 0 Å². The first-order chi connectivity index (χ1) is 5.25. The summed E-state index contributed by atoms with van der Waals surface area (Å²) in [5, 5.41) is 0.615. The van der Waals surface area contributed by atoms with Gasteiger partial charge in [-0.3, -0.25) is 0 Å². The lowest BCUT2D eigenvalue weighted by Crippen LogP contribution is -1.94. The van der Waals surface area contributed by atoms with Crippen LogP contribution in [0.25, 0.3) is 0 Å². The first kappa shape index (κ1) is 8.65. The molecule has 0 spiro atoms. The molecule has 0 aromatic heterocycles. The Morgan fingerprint density at radius 3 is 2.82 bits per heavy atom. The Hall–Kier alpha value is -0.440. The summed E-state index contributed by atoms with van der Waals surface area (Å²) in [4.78, 5) is 0. The van der Waals surface area contributed by atoms with Gasteiger partial charge in [-0.2, -0.15) is 0 Å². The van der Waals surface area contributed by atoms with Crippen LogP contribution in [0.5, 0.6) is 0 Å². The highest BCUT2D eigenvalue weighted by atomic mass is 79.9. The van der Waals surface area contributed by atoms with Gasteiger partial charge in [0.1, 0.15) is 0 Å². The minimum absolute atomic E-state index is 0.293. The molecule has 1 radical (unpaired) electrons. The average molecular weight is 220 g/mol. The maximum Gasteiger partial charge on any atom is 0.162 e. The predicted octanol–water partition coefficient (Wildman–Crippen LogP) is 2.70. The van der Waals surface area contributed by atoms with Gasteiger partial charge in [0.2, 0.25) is 0 Å². The van der Waals surface area contributed by atoms with Crippen molar-refractivity contribution < 1.29 is 8.78 Å². The van der Waals surface area contributed by atoms with Crippen molar-refractivity contribution in [3.8, 4) is 0 Å². The van der Waals surface area contributed by atoms with E-state index in [-0.39, 0.29) is 0 Å². The number of halogens is 3. The van der Waals surface area contributed by atoms with E-state index in [4.69, 9.17) is 0 Å². The molecule has 0 saturated carbocycles. The summed E-state index contributed by atoms with van der Waals surface area (Å²) >= 11 is 3.14. The molecule has 0 nitrogen and oxygen atoms in total. The number of hydrogen-bond acceptors (Lipinski definition) is 0. The lowest BCUT2D eigenvalue weighted by atomic mass is 10.1. The Balaban J connectivity index is 2.96. The van der Waals surface area contributed by atoms with Gasteiger partial charge < -0.3 is 0 Å². The molecule has 0 bridgehead atoms. The van der Waals surface area contributed by atoms with Gasteiger partial charge >= 0.3 is 0 Å². The number of alkyl halides is 1. The number of hydrogen-bond donors (Lipinski definition) is 0. The molecule has 1 aromatic rings. The normalized spacial score (nSPS) is 10.1. The summed E-state index contributed by atoms with van der Waals surface area (Å²) in [6.07, 6.45) is 0.462. The van der Waals surface area contributed by atoms with E-state index >= 15 is 0 Å². The molecule has 11 heavy (non-hydrogen) atoms. The zero-order valence-corrected chi connectivity index (χ0v) is 7.29. The zero-order valence-electron chi connectivity index (χ0n) is 5.70. The molecule has 59 valence electrons. The molecular formula is C8H6BrF2. The van der Waals surface area contributed by atoms with Crippen LogP contribution < -0.4 is 0 Å². The van der Waals surface area contributed by atoms with E-state index in [2.05, 4.69) is 22.0 Å². The van der Waals surface area contributed by atoms with E-state index in [0.717, 1.165) is 6.07 Å². The van der Waals surface area contributed by atoms with Crippen LogP contribution in [-0.4, -0.2) is 5.33 Å². The summed E-state index contributed by atoms with van der Waals surface area (Å²) in [5.41, 5.74) is 0.293. The second-order valence-corrected chi connectivity index (χ2v) is 2.85. The van der Waals surface area contributed by atoms with Gasteiger partial charge in [-0.15, -0.1) is 0 Å². The van der Waals surface area contributed by atoms with E-state index in [1.807, 2.05) is 0 Å². The molecule has 0 fully saturated rings. The van der Waals surface area contributed by atoms with Crippen molar-refractivity contribution in [1.82, 2.24) is 0 Å². The fraction of sp³-hybridized carbons (Fsp3) is 0.250. The predicted molar refractivity (Wildman–Crippen MR) is 42.7 cm³/mol. The molecule has 0 unspecified atom stereocenters. The molecule has 0 saturated heterocycles. The Kier molecular flexibility index (Phi) is 3.00. The molecule has 0 aliphatic rings. The molecule has 1 rings (SSSR count). The summed E-state index contributed by atoms with van der Waals surface area (Å²) in [6, 6.07) is 5.08. The third-order valence-corrected chi connectivity index (χ3v) is 1.70. The molecule has 0 N–H and O–H groups in total. The molecule has 1 aromatic carbocycles. The van der Waals surface area contributed by atoms with E-state index in [9.17, 15) is 8.78 Å². The third kappa shape index (κ3) is 1.99. The Morgan fingerprint density at radius 2 is 2.18 bits per heavy atom. The van der Waals surface area contributed by atoms with Crippen LogP contribution in [0.2, 0.25) is 0 Å². The quantitative estimate of drug-likeness (QED) is 0.672. The van der Waals surface area contributed by atoms with E-state index in [1.165, 1.54) is 6.07 Å². The van der Waals surface area contributed by atoms with E-state index in [1.54, 1.807) is 0 Å². The van der Waals surface area contributed by atoms with Crippen LogP contribution >= 0.6 is 15.9 Å². The maximum atomic E-state index is 12.8. The van der Waals surface area contributed by atoms with Crippen molar-refractivity contribution in [2.75, 3.05) is 5.33 Å². The standard InChI is InChI=1S/C8H6BrF2/c9-5-4-6-2-1-3-7(10)8(6)11/h1,3H,4-5H2. The third-order valence-electron chi connectivity index (χ3n) is 1.31. The van der Waals surface area contributed by atoms with Crippen molar-refractivity contribution in [1.29, 1.82) is 0 Å². The van der Waals surface area contributed by atoms with Gasteiger partial charge in [0.05, 0.1) is 0 Å². The molecule has 0 amide bonds. The first-order valence-corrected chi connectivity index (χ1v) is 4.28. The minimum atomic E-state index is -0.806. The monoisotopic (exact) mass is 219 g/mol. The summed E-state index contributed by atoms with van der Waals surface area (Å²) in [6.45, 7) is 0. The van der Waals surface area contributed by atoms with E-state index < -0.39 is 11.6 Å². The highest BCUT2D eigenvalue weighted by Gasteiger charge is 2.05.